The zero-order valence-corrected chi connectivity index (χ0v) is 26.2. The van der Waals surface area contributed by atoms with E-state index in [1.807, 2.05) is 0 Å². The first kappa shape index (κ1) is 36.0. The summed E-state index contributed by atoms with van der Waals surface area (Å²) in [7, 11) is -3.61. The van der Waals surface area contributed by atoms with Crippen molar-refractivity contribution >= 4 is 21.6 Å². The van der Waals surface area contributed by atoms with Crippen molar-refractivity contribution in [2.75, 3.05) is 29.8 Å². The molecule has 3 N–H and O–H groups in total. The monoisotopic (exact) mass is 687 g/mol. The van der Waals surface area contributed by atoms with Gasteiger partial charge in [0.25, 0.3) is 5.91 Å². The average Bonchev–Trinajstić information content (AvgIpc) is 3.00. The molecule has 1 heterocycles. The highest BCUT2D eigenvalue weighted by molar-refractivity contribution is 7.92. The molecule has 15 heteroatoms. The van der Waals surface area contributed by atoms with Crippen LogP contribution in [0.3, 0.4) is 0 Å². The number of nitrogens with zero attached hydrogens (tertiary/aromatic N) is 1. The van der Waals surface area contributed by atoms with Gasteiger partial charge in [0.1, 0.15) is 5.75 Å². The molecule has 0 bridgehead atoms. The standard InChI is InChI=1S/C32H35F6N3O5S/c1-2-46-27-16-23(15-26(18-27)41-10-6-7-11-47(41,44)45)30(43)40-28(14-21-8-4-3-5-9-21)29(42)20-39-19-22-12-24(31(33,34)35)17-25(13-22)32(36,37)38/h3-5,8-9,12-13,15-18,28-29,39,42H,2,6-7,10-11,14,19-20H2,1H3,(H,40,43)/t28-,29+/m0/s1. The molecule has 0 saturated carbocycles. The van der Waals surface area contributed by atoms with E-state index in [2.05, 4.69) is 10.6 Å². The maximum absolute atomic E-state index is 13.6. The summed E-state index contributed by atoms with van der Waals surface area (Å²) in [5.74, 6) is -0.434. The number of nitrogens with one attached hydrogen (secondary N) is 2. The Balaban J connectivity index is 1.55. The zero-order chi connectivity index (χ0) is 34.4. The number of hydrogen-bond donors (Lipinski definition) is 3. The van der Waals surface area contributed by atoms with Crippen molar-refractivity contribution in [3.05, 3.63) is 94.5 Å². The number of amides is 1. The summed E-state index contributed by atoms with van der Waals surface area (Å²) in [4.78, 5) is 13.6. The number of benzene rings is 3. The van der Waals surface area contributed by atoms with E-state index in [1.165, 1.54) is 22.5 Å². The van der Waals surface area contributed by atoms with Gasteiger partial charge in [-0.25, -0.2) is 8.42 Å². The van der Waals surface area contributed by atoms with Gasteiger partial charge in [-0.15, -0.1) is 0 Å². The molecule has 47 heavy (non-hydrogen) atoms. The molecule has 1 fully saturated rings. The number of carbonyl (C=O) groups excluding carboxylic acids is 1. The number of hydrogen-bond acceptors (Lipinski definition) is 6. The third-order valence-electron chi connectivity index (χ3n) is 7.51. The van der Waals surface area contributed by atoms with Crippen LogP contribution < -0.4 is 19.7 Å². The van der Waals surface area contributed by atoms with Gasteiger partial charge in [-0.2, -0.15) is 26.3 Å². The molecule has 8 nitrogen and oxygen atoms in total. The van der Waals surface area contributed by atoms with E-state index in [9.17, 15) is 44.7 Å². The van der Waals surface area contributed by atoms with Crippen LogP contribution in [-0.4, -0.2) is 57.0 Å². The van der Waals surface area contributed by atoms with Crippen LogP contribution in [0.25, 0.3) is 0 Å². The van der Waals surface area contributed by atoms with Gasteiger partial charge < -0.3 is 20.5 Å². The van der Waals surface area contributed by atoms with E-state index in [0.29, 0.717) is 25.0 Å². The highest BCUT2D eigenvalue weighted by Crippen LogP contribution is 2.36. The Kier molecular flexibility index (Phi) is 11.5. The van der Waals surface area contributed by atoms with Crippen molar-refractivity contribution in [2.45, 2.75) is 57.2 Å². The fraction of sp³-hybridized carbons (Fsp3) is 0.406. The van der Waals surface area contributed by atoms with Gasteiger partial charge in [0.05, 0.1) is 41.3 Å². The molecule has 2 atom stereocenters. The van der Waals surface area contributed by atoms with Gasteiger partial charge in [-0.3, -0.25) is 9.10 Å². The molecule has 0 aromatic heterocycles. The van der Waals surface area contributed by atoms with Gasteiger partial charge in [0.2, 0.25) is 10.0 Å². The Labute approximate surface area is 268 Å². The third-order valence-corrected chi connectivity index (χ3v) is 9.38. The third kappa shape index (κ3) is 9.84. The van der Waals surface area contributed by atoms with Crippen molar-refractivity contribution in [1.29, 1.82) is 0 Å². The average molecular weight is 688 g/mol. The molecule has 0 aliphatic carbocycles. The SMILES string of the molecule is CCOc1cc(C(=O)N[C@@H](Cc2ccccc2)[C@H](O)CNCc2cc(C(F)(F)F)cc(C(F)(F)F)c2)cc(N2CCCCS2(=O)=O)c1. The molecule has 0 radical (unpaired) electrons. The molecule has 0 spiro atoms. The Bertz CT molecular complexity index is 1600. The number of rotatable bonds is 12. The number of carbonyl (C=O) groups is 1. The van der Waals surface area contributed by atoms with Crippen molar-refractivity contribution in [3.63, 3.8) is 0 Å². The topological polar surface area (TPSA) is 108 Å². The van der Waals surface area contributed by atoms with Crippen molar-refractivity contribution in [1.82, 2.24) is 10.6 Å². The molecule has 4 rings (SSSR count). The van der Waals surface area contributed by atoms with Gasteiger partial charge in [0.15, 0.2) is 0 Å². The minimum absolute atomic E-state index is 0.0379. The molecule has 1 amide bonds. The number of anilines is 1. The first-order valence-electron chi connectivity index (χ1n) is 14.9. The predicted octanol–water partition coefficient (Wildman–Crippen LogP) is 5.54. The van der Waals surface area contributed by atoms with Crippen molar-refractivity contribution < 1.29 is 49.4 Å². The summed E-state index contributed by atoms with van der Waals surface area (Å²) in [6.07, 6.45) is -10.1. The van der Waals surface area contributed by atoms with Crippen molar-refractivity contribution in [3.8, 4) is 5.75 Å². The molecule has 1 saturated heterocycles. The quantitative estimate of drug-likeness (QED) is 0.216. The Morgan fingerprint density at radius 1 is 0.936 bits per heavy atom. The number of halogens is 6. The molecule has 3 aromatic carbocycles. The Morgan fingerprint density at radius 2 is 1.60 bits per heavy atom. The molecule has 256 valence electrons. The van der Waals surface area contributed by atoms with Gasteiger partial charge in [-0.05, 0) is 67.6 Å². The van der Waals surface area contributed by atoms with Crippen LogP contribution in [0.4, 0.5) is 32.0 Å². The van der Waals surface area contributed by atoms with Crippen LogP contribution in [0.5, 0.6) is 5.75 Å². The lowest BCUT2D eigenvalue weighted by Gasteiger charge is -2.29. The summed E-state index contributed by atoms with van der Waals surface area (Å²) in [6, 6.07) is 13.4. The van der Waals surface area contributed by atoms with E-state index in [1.54, 1.807) is 37.3 Å². The number of aliphatic hydroxyl groups excluding tert-OH is 1. The smallest absolute Gasteiger partial charge is 0.416 e. The van der Waals surface area contributed by atoms with Crippen molar-refractivity contribution in [2.24, 2.45) is 0 Å². The highest BCUT2D eigenvalue weighted by Gasteiger charge is 2.37. The van der Waals surface area contributed by atoms with E-state index >= 15 is 0 Å². The maximum atomic E-state index is 13.6. The van der Waals surface area contributed by atoms with Crippen LogP contribution in [0.15, 0.2) is 66.7 Å². The molecule has 1 aliphatic heterocycles. The van der Waals surface area contributed by atoms with Crippen LogP contribution in [0.2, 0.25) is 0 Å². The lowest BCUT2D eigenvalue weighted by Crippen LogP contribution is -2.48. The lowest BCUT2D eigenvalue weighted by atomic mass is 10.00. The second-order valence-corrected chi connectivity index (χ2v) is 13.1. The second kappa shape index (κ2) is 14.9. The molecule has 1 aliphatic rings. The number of aliphatic hydroxyl groups is 1. The first-order valence-corrected chi connectivity index (χ1v) is 16.5. The summed E-state index contributed by atoms with van der Waals surface area (Å²) >= 11 is 0. The fourth-order valence-corrected chi connectivity index (χ4v) is 6.84. The van der Waals surface area contributed by atoms with Crippen LogP contribution in [0, 0.1) is 0 Å². The maximum Gasteiger partial charge on any atom is 0.416 e. The largest absolute Gasteiger partial charge is 0.494 e. The molecule has 3 aromatic rings. The summed E-state index contributed by atoms with van der Waals surface area (Å²) in [5, 5.41) is 16.6. The fourth-order valence-electron chi connectivity index (χ4n) is 5.22. The summed E-state index contributed by atoms with van der Waals surface area (Å²) < 4.78 is 112. The molecular formula is C32H35F6N3O5S. The minimum atomic E-state index is -5.00. The lowest BCUT2D eigenvalue weighted by molar-refractivity contribution is -0.143. The first-order chi connectivity index (χ1) is 22.1. The van der Waals surface area contributed by atoms with Gasteiger partial charge in [0, 0.05) is 31.3 Å². The number of alkyl halides is 6. The zero-order valence-electron chi connectivity index (χ0n) is 25.4. The number of ether oxygens (including phenoxy) is 1. The van der Waals surface area contributed by atoms with Crippen LogP contribution in [-0.2, 0) is 35.3 Å². The van der Waals surface area contributed by atoms with Crippen LogP contribution in [0.1, 0.15) is 52.4 Å². The summed E-state index contributed by atoms with van der Waals surface area (Å²) in [5.41, 5.74) is -2.16. The normalized spacial score (nSPS) is 16.4. The highest BCUT2D eigenvalue weighted by atomic mass is 32.2. The Hall–Kier alpha value is -3.82. The predicted molar refractivity (Wildman–Crippen MR) is 164 cm³/mol. The van der Waals surface area contributed by atoms with Gasteiger partial charge in [-0.1, -0.05) is 30.3 Å². The van der Waals surface area contributed by atoms with E-state index in [4.69, 9.17) is 4.74 Å². The Morgan fingerprint density at radius 3 is 2.19 bits per heavy atom. The van der Waals surface area contributed by atoms with E-state index in [0.717, 1.165) is 5.56 Å². The van der Waals surface area contributed by atoms with E-state index < -0.39 is 58.1 Å². The molecule has 0 unspecified atom stereocenters. The van der Waals surface area contributed by atoms with E-state index in [-0.39, 0.29) is 60.5 Å². The minimum Gasteiger partial charge on any atom is -0.494 e. The van der Waals surface area contributed by atoms with Crippen LogP contribution >= 0.6 is 0 Å². The summed E-state index contributed by atoms with van der Waals surface area (Å²) in [6.45, 7) is 1.48. The number of sulfonamides is 1. The second-order valence-electron chi connectivity index (χ2n) is 11.1. The molecular weight excluding hydrogens is 652 g/mol. The van der Waals surface area contributed by atoms with Gasteiger partial charge >= 0.3 is 12.4 Å².